The summed E-state index contributed by atoms with van der Waals surface area (Å²) in [6.45, 7) is 9.40. The molecule has 11 aromatic carbocycles. The molecular formula is C72H49BN2O4. The number of rotatable bonds is 6. The maximum absolute atomic E-state index is 7.01. The Morgan fingerprint density at radius 3 is 1.16 bits per heavy atom. The molecule has 2 aliphatic heterocycles. The number of ether oxygens (including phenoxy) is 2. The number of nitrogens with zero attached hydrogens (tertiary/aromatic N) is 2. The lowest BCUT2D eigenvalue weighted by Gasteiger charge is -2.35. The molecule has 79 heavy (non-hydrogen) atoms. The summed E-state index contributed by atoms with van der Waals surface area (Å²) in [7, 11) is 0. The fourth-order valence-electron chi connectivity index (χ4n) is 13.9. The lowest BCUT2D eigenvalue weighted by atomic mass is 9.34. The van der Waals surface area contributed by atoms with E-state index in [0.29, 0.717) is 0 Å². The van der Waals surface area contributed by atoms with Crippen LogP contribution in [0.4, 0.5) is 34.1 Å². The van der Waals surface area contributed by atoms with Crippen LogP contribution in [-0.4, -0.2) is 6.71 Å². The molecule has 7 heteroatoms. The topological polar surface area (TPSA) is 51.2 Å². The van der Waals surface area contributed by atoms with Crippen molar-refractivity contribution in [2.24, 2.45) is 0 Å². The molecule has 4 aliphatic rings. The maximum atomic E-state index is 7.01. The maximum Gasteiger partial charge on any atom is 0.260 e. The van der Waals surface area contributed by atoms with E-state index in [0.717, 1.165) is 117 Å². The van der Waals surface area contributed by atoms with Crippen molar-refractivity contribution in [1.29, 1.82) is 0 Å². The van der Waals surface area contributed by atoms with E-state index in [1.165, 1.54) is 44.5 Å². The largest absolute Gasteiger partial charge is 0.458 e. The molecule has 13 aromatic rings. The van der Waals surface area contributed by atoms with Crippen molar-refractivity contribution in [2.75, 3.05) is 9.80 Å². The van der Waals surface area contributed by atoms with Crippen molar-refractivity contribution in [2.45, 2.75) is 38.5 Å². The van der Waals surface area contributed by atoms with Crippen molar-refractivity contribution in [3.05, 3.63) is 247 Å². The minimum atomic E-state index is -0.332. The number of benzene rings is 11. The van der Waals surface area contributed by atoms with Gasteiger partial charge in [0.1, 0.15) is 45.3 Å². The highest BCUT2D eigenvalue weighted by atomic mass is 16.5. The van der Waals surface area contributed by atoms with Gasteiger partial charge in [0.05, 0.1) is 0 Å². The standard InChI is InChI=1S/C72H49BN2O4/c1-71(2)56-36-46(74(42-16-7-5-8-17-42)44-28-32-64-54(34-44)50-20-11-13-22-62(50)76-64)26-30-48(56)52-38-68-60(40-58(52)71)73-61-41-59-53(39-69(61)79-67-25-15-24-66(78-68)70(67)73)49-31-27-47(37-57(49)72(59,3)4)75(43-18-9-6-10-19-43)45-29-33-65-55(35-45)51-21-12-14-23-63(51)77-65/h5-41H,1-4H3. The fraction of sp³-hybridized carbons (Fsp3) is 0.0833. The van der Waals surface area contributed by atoms with Gasteiger partial charge in [0.2, 0.25) is 0 Å². The van der Waals surface area contributed by atoms with Crippen LogP contribution >= 0.6 is 0 Å². The van der Waals surface area contributed by atoms with E-state index in [1.54, 1.807) is 0 Å². The van der Waals surface area contributed by atoms with Gasteiger partial charge in [-0.15, -0.1) is 0 Å². The molecule has 4 heterocycles. The molecule has 6 nitrogen and oxygen atoms in total. The van der Waals surface area contributed by atoms with Crippen LogP contribution in [0.1, 0.15) is 49.9 Å². The highest BCUT2D eigenvalue weighted by Crippen LogP contribution is 2.55. The van der Waals surface area contributed by atoms with Crippen molar-refractivity contribution < 1.29 is 18.3 Å². The minimum absolute atomic E-state index is 0.107. The Bertz CT molecular complexity index is 4470. The second kappa shape index (κ2) is 15.9. The van der Waals surface area contributed by atoms with Gasteiger partial charge in [-0.3, -0.25) is 0 Å². The zero-order valence-corrected chi connectivity index (χ0v) is 44.0. The highest BCUT2D eigenvalue weighted by Gasteiger charge is 2.46. The van der Waals surface area contributed by atoms with E-state index in [1.807, 2.05) is 24.3 Å². The number of para-hydroxylation sites is 4. The summed E-state index contributed by atoms with van der Waals surface area (Å²) in [5.41, 5.74) is 22.8. The van der Waals surface area contributed by atoms with E-state index in [9.17, 15) is 0 Å². The summed E-state index contributed by atoms with van der Waals surface area (Å²) in [6.07, 6.45) is 0. The summed E-state index contributed by atoms with van der Waals surface area (Å²) in [6, 6.07) is 80.8. The normalized spacial score (nSPS) is 14.5. The van der Waals surface area contributed by atoms with Crippen LogP contribution in [0.15, 0.2) is 233 Å². The zero-order chi connectivity index (χ0) is 52.5. The first kappa shape index (κ1) is 44.4. The molecule has 0 bridgehead atoms. The molecule has 0 N–H and O–H groups in total. The van der Waals surface area contributed by atoms with E-state index in [2.05, 4.69) is 238 Å². The monoisotopic (exact) mass is 1020 g/mol. The van der Waals surface area contributed by atoms with Gasteiger partial charge in [-0.05, 0) is 177 Å². The van der Waals surface area contributed by atoms with Crippen molar-refractivity contribution in [3.8, 4) is 45.3 Å². The van der Waals surface area contributed by atoms with Crippen LogP contribution in [0.3, 0.4) is 0 Å². The summed E-state index contributed by atoms with van der Waals surface area (Å²) in [5, 5.41) is 4.41. The van der Waals surface area contributed by atoms with E-state index >= 15 is 0 Å². The Kier molecular flexibility index (Phi) is 8.96. The zero-order valence-electron chi connectivity index (χ0n) is 44.0. The number of hydrogen-bond donors (Lipinski definition) is 0. The Morgan fingerprint density at radius 2 is 0.696 bits per heavy atom. The molecule has 0 radical (unpaired) electrons. The van der Waals surface area contributed by atoms with Gasteiger partial charge in [-0.2, -0.15) is 0 Å². The quantitative estimate of drug-likeness (QED) is 0.155. The number of anilines is 6. The summed E-state index contributed by atoms with van der Waals surface area (Å²) in [5.74, 6) is 3.45. The predicted octanol–water partition coefficient (Wildman–Crippen LogP) is 17.8. The average molecular weight is 1020 g/mol. The second-order valence-corrected chi connectivity index (χ2v) is 22.8. The van der Waals surface area contributed by atoms with Crippen LogP contribution in [0.25, 0.3) is 66.1 Å². The van der Waals surface area contributed by atoms with Crippen LogP contribution in [0.5, 0.6) is 23.0 Å². The second-order valence-electron chi connectivity index (χ2n) is 22.8. The highest BCUT2D eigenvalue weighted by molar-refractivity contribution is 6.98. The molecule has 17 rings (SSSR count). The van der Waals surface area contributed by atoms with Gasteiger partial charge in [-0.25, -0.2) is 0 Å². The third kappa shape index (κ3) is 6.30. The molecule has 374 valence electrons. The summed E-state index contributed by atoms with van der Waals surface area (Å²) in [4.78, 5) is 4.74. The molecule has 2 aliphatic carbocycles. The lowest BCUT2D eigenvalue weighted by molar-refractivity contribution is 0.464. The molecule has 0 saturated heterocycles. The minimum Gasteiger partial charge on any atom is -0.458 e. The molecule has 0 amide bonds. The number of furan rings is 2. The Labute approximate surface area is 457 Å². The van der Waals surface area contributed by atoms with Crippen molar-refractivity contribution >= 4 is 101 Å². The average Bonchev–Trinajstić information content (AvgIpc) is 4.34. The SMILES string of the molecule is CC1(C)c2cc(N(c3ccccc3)c3ccc4oc5ccccc5c4c3)ccc2-c2cc3c(cc21)B1c2cc4c(cc2Oc2cccc(c21)O3)-c1ccc(N(c2ccccc2)c2ccc3oc5ccccc5c3c2)cc1C4(C)C. The molecule has 0 fully saturated rings. The first-order chi connectivity index (χ1) is 38.6. The summed E-state index contributed by atoms with van der Waals surface area (Å²) < 4.78 is 26.6. The van der Waals surface area contributed by atoms with Gasteiger partial charge < -0.3 is 28.1 Å². The molecular weight excluding hydrogens is 968 g/mol. The van der Waals surface area contributed by atoms with Gasteiger partial charge >= 0.3 is 0 Å². The third-order valence-corrected chi connectivity index (χ3v) is 17.7. The molecule has 0 spiro atoms. The Hall–Kier alpha value is -9.72. The lowest BCUT2D eigenvalue weighted by Crippen LogP contribution is -2.57. The van der Waals surface area contributed by atoms with E-state index in [-0.39, 0.29) is 17.5 Å². The predicted molar refractivity (Wildman–Crippen MR) is 323 cm³/mol. The van der Waals surface area contributed by atoms with Crippen LogP contribution in [-0.2, 0) is 10.8 Å². The smallest absolute Gasteiger partial charge is 0.260 e. The Morgan fingerprint density at radius 1 is 0.304 bits per heavy atom. The first-order valence-electron chi connectivity index (χ1n) is 27.3. The van der Waals surface area contributed by atoms with Gasteiger partial charge in [-0.1, -0.05) is 131 Å². The van der Waals surface area contributed by atoms with Crippen LogP contribution < -0.4 is 35.7 Å². The summed E-state index contributed by atoms with van der Waals surface area (Å²) >= 11 is 0. The van der Waals surface area contributed by atoms with E-state index < -0.39 is 0 Å². The number of hydrogen-bond acceptors (Lipinski definition) is 6. The fourth-order valence-corrected chi connectivity index (χ4v) is 13.9. The van der Waals surface area contributed by atoms with Crippen LogP contribution in [0, 0.1) is 0 Å². The molecule has 2 aromatic heterocycles. The molecule has 0 unspecified atom stereocenters. The molecule has 0 atom stereocenters. The van der Waals surface area contributed by atoms with Crippen molar-refractivity contribution in [1.82, 2.24) is 0 Å². The Balaban J connectivity index is 0.768. The third-order valence-electron chi connectivity index (χ3n) is 17.7. The van der Waals surface area contributed by atoms with Gasteiger partial charge in [0.15, 0.2) is 0 Å². The van der Waals surface area contributed by atoms with Crippen LogP contribution in [0.2, 0.25) is 0 Å². The molecule has 0 saturated carbocycles. The van der Waals surface area contributed by atoms with Gasteiger partial charge in [0, 0.05) is 72.0 Å². The van der Waals surface area contributed by atoms with Crippen molar-refractivity contribution in [3.63, 3.8) is 0 Å². The first-order valence-corrected chi connectivity index (χ1v) is 27.3. The number of fused-ring (bicyclic) bond motifs is 16. The van der Waals surface area contributed by atoms with E-state index in [4.69, 9.17) is 18.3 Å². The van der Waals surface area contributed by atoms with Gasteiger partial charge in [0.25, 0.3) is 6.71 Å².